The fraction of sp³-hybridized carbons (Fsp3) is 0.929. The molecule has 24 heavy (non-hydrogen) atoms. The van der Waals surface area contributed by atoms with Gasteiger partial charge >= 0.3 is 12.1 Å². The van der Waals surface area contributed by atoms with Gasteiger partial charge in [0, 0.05) is 12.8 Å². The zero-order valence-corrected chi connectivity index (χ0v) is 14.1. The van der Waals surface area contributed by atoms with Gasteiger partial charge in [0.15, 0.2) is 20.9 Å². The molecule has 0 bridgehead atoms. The summed E-state index contributed by atoms with van der Waals surface area (Å²) in [5.74, 6) is -3.47. The molecule has 2 fully saturated rings. The summed E-state index contributed by atoms with van der Waals surface area (Å²) in [5.41, 5.74) is 0. The highest BCUT2D eigenvalue weighted by atomic mass is 32.2. The van der Waals surface area contributed by atoms with Crippen LogP contribution in [0.2, 0.25) is 0 Å². The van der Waals surface area contributed by atoms with Crippen LogP contribution in [0, 0.1) is 5.92 Å². The lowest BCUT2D eigenvalue weighted by molar-refractivity contribution is -0.183. The predicted molar refractivity (Wildman–Crippen MR) is 76.9 cm³/mol. The Balaban J connectivity index is 2.10. The van der Waals surface area contributed by atoms with Crippen LogP contribution in [0.5, 0.6) is 0 Å². The van der Waals surface area contributed by atoms with Gasteiger partial charge in [-0.25, -0.2) is 8.42 Å². The lowest BCUT2D eigenvalue weighted by Crippen LogP contribution is -2.45. The third-order valence-electron chi connectivity index (χ3n) is 4.52. The molecule has 10 heteroatoms. The number of sulfone groups is 1. The van der Waals surface area contributed by atoms with Crippen LogP contribution in [0.25, 0.3) is 0 Å². The van der Waals surface area contributed by atoms with E-state index in [1.54, 1.807) is 0 Å². The number of carbonyl (C=O) groups excluding carboxylic acids is 1. The van der Waals surface area contributed by atoms with E-state index in [1.807, 2.05) is 0 Å². The Kier molecular flexibility index (Phi) is 5.81. The Morgan fingerprint density at radius 2 is 1.79 bits per heavy atom. The van der Waals surface area contributed by atoms with E-state index in [9.17, 15) is 26.4 Å². The zero-order valence-electron chi connectivity index (χ0n) is 13.3. The maximum absolute atomic E-state index is 12.4. The minimum absolute atomic E-state index is 0.311. The quantitative estimate of drug-likeness (QED) is 0.683. The fourth-order valence-corrected chi connectivity index (χ4v) is 5.32. The van der Waals surface area contributed by atoms with E-state index < -0.39 is 51.1 Å². The first-order valence-electron chi connectivity index (χ1n) is 7.73. The molecule has 2 rings (SSSR count). The fourth-order valence-electron chi connectivity index (χ4n) is 3.30. The van der Waals surface area contributed by atoms with E-state index in [0.717, 1.165) is 7.11 Å². The summed E-state index contributed by atoms with van der Waals surface area (Å²) in [7, 11) is -3.25. The second kappa shape index (κ2) is 7.17. The summed E-state index contributed by atoms with van der Waals surface area (Å²) in [6, 6.07) is 0. The molecule has 2 aliphatic rings. The first kappa shape index (κ1) is 19.5. The van der Waals surface area contributed by atoms with Gasteiger partial charge in [-0.3, -0.25) is 4.79 Å². The molecule has 1 atom stereocenters. The predicted octanol–water partition coefficient (Wildman–Crippen LogP) is 1.83. The topological polar surface area (TPSA) is 78.9 Å². The van der Waals surface area contributed by atoms with E-state index in [4.69, 9.17) is 9.47 Å². The number of hydrogen-bond donors (Lipinski definition) is 0. The maximum atomic E-state index is 12.4. The van der Waals surface area contributed by atoms with Gasteiger partial charge in [0.05, 0.1) is 32.5 Å². The molecule has 1 unspecified atom stereocenters. The van der Waals surface area contributed by atoms with Crippen LogP contribution < -0.4 is 0 Å². The SMILES string of the molecule is COC(=O)C(C1CCC2(CC1)OCCO2)S(=O)(=O)CCC(F)(F)F. The lowest BCUT2D eigenvalue weighted by atomic mass is 9.83. The largest absolute Gasteiger partial charge is 0.468 e. The van der Waals surface area contributed by atoms with Crippen molar-refractivity contribution in [2.75, 3.05) is 26.1 Å². The van der Waals surface area contributed by atoms with Gasteiger partial charge < -0.3 is 14.2 Å². The number of carbonyl (C=O) groups is 1. The third kappa shape index (κ3) is 4.60. The van der Waals surface area contributed by atoms with Gasteiger partial charge in [-0.1, -0.05) is 0 Å². The van der Waals surface area contributed by atoms with Crippen LogP contribution in [0.15, 0.2) is 0 Å². The van der Waals surface area contributed by atoms with Crippen molar-refractivity contribution in [2.24, 2.45) is 5.92 Å². The number of rotatable bonds is 5. The molecular formula is C14H21F3O6S. The highest BCUT2D eigenvalue weighted by molar-refractivity contribution is 7.92. The van der Waals surface area contributed by atoms with E-state index in [2.05, 4.69) is 4.74 Å². The molecule has 140 valence electrons. The Bertz CT molecular complexity index is 543. The van der Waals surface area contributed by atoms with Crippen LogP contribution in [-0.2, 0) is 28.8 Å². The molecule has 1 saturated carbocycles. The van der Waals surface area contributed by atoms with Crippen LogP contribution >= 0.6 is 0 Å². The molecule has 1 aliphatic carbocycles. The average Bonchev–Trinajstić information content (AvgIpc) is 2.95. The van der Waals surface area contributed by atoms with Crippen molar-refractivity contribution in [1.29, 1.82) is 0 Å². The van der Waals surface area contributed by atoms with Crippen LogP contribution in [-0.4, -0.2) is 57.7 Å². The molecule has 0 radical (unpaired) electrons. The van der Waals surface area contributed by atoms with Crippen LogP contribution in [0.1, 0.15) is 32.1 Å². The Morgan fingerprint density at radius 1 is 1.25 bits per heavy atom. The molecule has 1 saturated heterocycles. The van der Waals surface area contributed by atoms with Crippen molar-refractivity contribution in [1.82, 2.24) is 0 Å². The molecule has 1 heterocycles. The summed E-state index contributed by atoms with van der Waals surface area (Å²) in [5, 5.41) is -1.58. The molecular weight excluding hydrogens is 353 g/mol. The molecule has 0 aromatic heterocycles. The summed E-state index contributed by atoms with van der Waals surface area (Å²) in [4.78, 5) is 12.0. The highest BCUT2D eigenvalue weighted by Crippen LogP contribution is 2.41. The Labute approximate surface area is 138 Å². The molecule has 6 nitrogen and oxygen atoms in total. The minimum atomic E-state index is -4.60. The van der Waals surface area contributed by atoms with Gasteiger partial charge in [0.2, 0.25) is 0 Å². The van der Waals surface area contributed by atoms with Gasteiger partial charge in [-0.15, -0.1) is 0 Å². The van der Waals surface area contributed by atoms with Crippen LogP contribution in [0.4, 0.5) is 13.2 Å². The second-order valence-electron chi connectivity index (χ2n) is 6.12. The number of esters is 1. The van der Waals surface area contributed by atoms with Crippen molar-refractivity contribution in [3.05, 3.63) is 0 Å². The summed E-state index contributed by atoms with van der Waals surface area (Å²) >= 11 is 0. The Morgan fingerprint density at radius 3 is 2.25 bits per heavy atom. The van der Waals surface area contributed by atoms with Crippen molar-refractivity contribution < 1.29 is 40.6 Å². The average molecular weight is 374 g/mol. The zero-order chi connectivity index (χ0) is 18.0. The standard InChI is InChI=1S/C14H21F3O6S/c1-21-12(18)11(24(19,20)9-6-14(15,16)17)10-2-4-13(5-3-10)22-7-8-23-13/h10-11H,2-9H2,1H3. The smallest absolute Gasteiger partial charge is 0.390 e. The van der Waals surface area contributed by atoms with Crippen molar-refractivity contribution in [2.45, 2.75) is 49.3 Å². The highest BCUT2D eigenvalue weighted by Gasteiger charge is 2.48. The number of methoxy groups -OCH3 is 1. The van der Waals surface area contributed by atoms with Gasteiger partial charge in [-0.05, 0) is 18.8 Å². The second-order valence-corrected chi connectivity index (χ2v) is 8.36. The number of alkyl halides is 3. The normalized spacial score (nSPS) is 23.3. The van der Waals surface area contributed by atoms with E-state index >= 15 is 0 Å². The van der Waals surface area contributed by atoms with Gasteiger partial charge in [0.1, 0.15) is 0 Å². The summed E-state index contributed by atoms with van der Waals surface area (Å²) in [6.45, 7) is 0.907. The molecule has 1 aliphatic heterocycles. The monoisotopic (exact) mass is 374 g/mol. The maximum Gasteiger partial charge on any atom is 0.390 e. The van der Waals surface area contributed by atoms with E-state index in [0.29, 0.717) is 38.9 Å². The van der Waals surface area contributed by atoms with Crippen molar-refractivity contribution in [3.8, 4) is 0 Å². The number of ether oxygens (including phenoxy) is 3. The van der Waals surface area contributed by atoms with Gasteiger partial charge in [-0.2, -0.15) is 13.2 Å². The summed E-state index contributed by atoms with van der Waals surface area (Å²) < 4.78 is 77.4. The molecule has 0 aromatic carbocycles. The first-order chi connectivity index (χ1) is 11.1. The first-order valence-corrected chi connectivity index (χ1v) is 9.44. The van der Waals surface area contributed by atoms with Crippen molar-refractivity contribution >= 4 is 15.8 Å². The van der Waals surface area contributed by atoms with Crippen LogP contribution in [0.3, 0.4) is 0 Å². The third-order valence-corrected chi connectivity index (χ3v) is 6.65. The van der Waals surface area contributed by atoms with Crippen molar-refractivity contribution in [3.63, 3.8) is 0 Å². The Hall–Kier alpha value is -0.870. The number of halogens is 3. The minimum Gasteiger partial charge on any atom is -0.468 e. The number of hydrogen-bond acceptors (Lipinski definition) is 6. The molecule has 1 spiro atoms. The summed E-state index contributed by atoms with van der Waals surface area (Å²) in [6.07, 6.45) is -4.66. The molecule has 0 N–H and O–H groups in total. The molecule has 0 aromatic rings. The van der Waals surface area contributed by atoms with E-state index in [-0.39, 0.29) is 0 Å². The van der Waals surface area contributed by atoms with Gasteiger partial charge in [0.25, 0.3) is 0 Å². The molecule has 0 amide bonds. The lowest BCUT2D eigenvalue weighted by Gasteiger charge is -2.37. The van der Waals surface area contributed by atoms with E-state index in [1.165, 1.54) is 0 Å².